The average Bonchev–Trinajstić information content (AvgIpc) is 3.11. The summed E-state index contributed by atoms with van der Waals surface area (Å²) in [7, 11) is -4.07. The zero-order valence-corrected chi connectivity index (χ0v) is 15.5. The van der Waals surface area contributed by atoms with E-state index < -0.39 is 44.8 Å². The third-order valence-electron chi connectivity index (χ3n) is 5.05. The molecule has 2 aliphatic heterocycles. The number of nitrogens with zero attached hydrogens (tertiary/aromatic N) is 2. The number of amides is 2. The highest BCUT2D eigenvalue weighted by Gasteiger charge is 2.38. The SMILES string of the molecule is O=C(O)C1CCN(C(=O)NC2CCCN2S(=O)(=O)c2ccccc2F)CC1. The van der Waals surface area contributed by atoms with Gasteiger partial charge in [-0.2, -0.15) is 4.31 Å². The van der Waals surface area contributed by atoms with Crippen molar-refractivity contribution in [1.29, 1.82) is 0 Å². The fourth-order valence-corrected chi connectivity index (χ4v) is 5.20. The Bertz CT molecular complexity index is 824. The number of carboxylic acid groups (broad SMARTS) is 1. The van der Waals surface area contributed by atoms with Crippen LogP contribution < -0.4 is 5.32 Å². The van der Waals surface area contributed by atoms with Gasteiger partial charge in [0.25, 0.3) is 0 Å². The van der Waals surface area contributed by atoms with Gasteiger partial charge in [-0.25, -0.2) is 17.6 Å². The van der Waals surface area contributed by atoms with Crippen molar-refractivity contribution in [2.75, 3.05) is 19.6 Å². The number of carbonyl (C=O) groups is 2. The van der Waals surface area contributed by atoms with Gasteiger partial charge in [-0.3, -0.25) is 4.79 Å². The van der Waals surface area contributed by atoms with Crippen LogP contribution in [0.4, 0.5) is 9.18 Å². The van der Waals surface area contributed by atoms with Crippen molar-refractivity contribution in [3.8, 4) is 0 Å². The highest BCUT2D eigenvalue weighted by atomic mass is 32.2. The van der Waals surface area contributed by atoms with E-state index in [1.165, 1.54) is 23.1 Å². The van der Waals surface area contributed by atoms with E-state index in [4.69, 9.17) is 5.11 Å². The summed E-state index contributed by atoms with van der Waals surface area (Å²) in [6.45, 7) is 0.799. The van der Waals surface area contributed by atoms with E-state index in [0.717, 1.165) is 10.4 Å². The van der Waals surface area contributed by atoms with Gasteiger partial charge in [0.2, 0.25) is 10.0 Å². The normalized spacial score (nSPS) is 22.0. The Hall–Kier alpha value is -2.20. The number of carbonyl (C=O) groups excluding carboxylic acids is 1. The van der Waals surface area contributed by atoms with Crippen LogP contribution in [0.3, 0.4) is 0 Å². The third kappa shape index (κ3) is 4.06. The first kappa shape index (κ1) is 19.6. The quantitative estimate of drug-likeness (QED) is 0.797. The molecule has 0 aliphatic carbocycles. The molecular weight excluding hydrogens is 377 g/mol. The monoisotopic (exact) mass is 399 g/mol. The summed E-state index contributed by atoms with van der Waals surface area (Å²) >= 11 is 0. The lowest BCUT2D eigenvalue weighted by molar-refractivity contribution is -0.143. The summed E-state index contributed by atoms with van der Waals surface area (Å²) in [6, 6.07) is 4.73. The van der Waals surface area contributed by atoms with Crippen LogP contribution in [-0.4, -0.2) is 60.5 Å². The Morgan fingerprint density at radius 1 is 1.11 bits per heavy atom. The second-order valence-electron chi connectivity index (χ2n) is 6.75. The van der Waals surface area contributed by atoms with Gasteiger partial charge < -0.3 is 15.3 Å². The molecule has 1 aromatic rings. The number of sulfonamides is 1. The van der Waals surface area contributed by atoms with Crippen LogP contribution in [0, 0.1) is 11.7 Å². The number of nitrogens with one attached hydrogen (secondary N) is 1. The van der Waals surface area contributed by atoms with Crippen molar-refractivity contribution in [2.45, 2.75) is 36.7 Å². The van der Waals surface area contributed by atoms with Gasteiger partial charge in [0, 0.05) is 19.6 Å². The smallest absolute Gasteiger partial charge is 0.318 e. The Balaban J connectivity index is 1.67. The Labute approximate surface area is 157 Å². The van der Waals surface area contributed by atoms with E-state index in [-0.39, 0.29) is 6.54 Å². The number of benzene rings is 1. The van der Waals surface area contributed by atoms with E-state index in [1.54, 1.807) is 0 Å². The molecule has 1 aromatic carbocycles. The summed E-state index contributed by atoms with van der Waals surface area (Å²) < 4.78 is 40.7. The molecule has 0 bridgehead atoms. The van der Waals surface area contributed by atoms with Crippen LogP contribution in [0.2, 0.25) is 0 Å². The molecule has 27 heavy (non-hydrogen) atoms. The average molecular weight is 399 g/mol. The van der Waals surface area contributed by atoms with E-state index in [1.807, 2.05) is 0 Å². The maximum Gasteiger partial charge on any atom is 0.318 e. The van der Waals surface area contributed by atoms with E-state index in [0.29, 0.717) is 38.8 Å². The minimum atomic E-state index is -4.07. The predicted molar refractivity (Wildman–Crippen MR) is 93.8 cm³/mol. The maximum atomic E-state index is 14.0. The van der Waals surface area contributed by atoms with Crippen molar-refractivity contribution in [1.82, 2.24) is 14.5 Å². The standard InChI is InChI=1S/C17H22FN3O5S/c18-13-4-1-2-5-14(13)27(25,26)21-9-3-6-15(21)19-17(24)20-10-7-12(8-11-20)16(22)23/h1-2,4-5,12,15H,3,6-11H2,(H,19,24)(H,22,23). The highest BCUT2D eigenvalue weighted by molar-refractivity contribution is 7.89. The molecule has 2 fully saturated rings. The minimum Gasteiger partial charge on any atom is -0.481 e. The maximum absolute atomic E-state index is 14.0. The first-order valence-corrected chi connectivity index (χ1v) is 10.3. The van der Waals surface area contributed by atoms with Gasteiger partial charge in [0.15, 0.2) is 0 Å². The lowest BCUT2D eigenvalue weighted by Crippen LogP contribution is -2.53. The highest BCUT2D eigenvalue weighted by Crippen LogP contribution is 2.26. The topological polar surface area (TPSA) is 107 Å². The summed E-state index contributed by atoms with van der Waals surface area (Å²) in [5.74, 6) is -2.16. The molecule has 0 radical (unpaired) electrons. The van der Waals surface area contributed by atoms with Crippen LogP contribution in [0.15, 0.2) is 29.2 Å². The third-order valence-corrected chi connectivity index (χ3v) is 6.99. The first-order chi connectivity index (χ1) is 12.8. The van der Waals surface area contributed by atoms with E-state index in [9.17, 15) is 22.4 Å². The number of urea groups is 1. The van der Waals surface area contributed by atoms with Gasteiger partial charge in [-0.05, 0) is 37.8 Å². The van der Waals surface area contributed by atoms with Crippen molar-refractivity contribution < 1.29 is 27.5 Å². The largest absolute Gasteiger partial charge is 0.481 e. The summed E-state index contributed by atoms with van der Waals surface area (Å²) in [5.41, 5.74) is 0. The molecule has 2 N–H and O–H groups in total. The van der Waals surface area contributed by atoms with Gasteiger partial charge in [-0.1, -0.05) is 12.1 Å². The number of hydrogen-bond donors (Lipinski definition) is 2. The number of halogens is 1. The molecule has 1 atom stereocenters. The number of piperidine rings is 1. The van der Waals surface area contributed by atoms with Crippen LogP contribution >= 0.6 is 0 Å². The van der Waals surface area contributed by atoms with Crippen molar-refractivity contribution in [3.63, 3.8) is 0 Å². The molecule has 10 heteroatoms. The number of carboxylic acids is 1. The van der Waals surface area contributed by atoms with E-state index in [2.05, 4.69) is 5.32 Å². The minimum absolute atomic E-state index is 0.197. The van der Waals surface area contributed by atoms with Crippen LogP contribution in [-0.2, 0) is 14.8 Å². The molecule has 2 aliphatic rings. The van der Waals surface area contributed by atoms with Gasteiger partial charge in [-0.15, -0.1) is 0 Å². The van der Waals surface area contributed by atoms with Crippen LogP contribution in [0.1, 0.15) is 25.7 Å². The summed E-state index contributed by atoms with van der Waals surface area (Å²) in [4.78, 5) is 24.6. The van der Waals surface area contributed by atoms with Gasteiger partial charge in [0.1, 0.15) is 10.7 Å². The molecule has 8 nitrogen and oxygen atoms in total. The molecular formula is C17H22FN3O5S. The lowest BCUT2D eigenvalue weighted by Gasteiger charge is -2.32. The second kappa shape index (κ2) is 7.81. The van der Waals surface area contributed by atoms with Crippen LogP contribution in [0.25, 0.3) is 0 Å². The fraction of sp³-hybridized carbons (Fsp3) is 0.529. The van der Waals surface area contributed by atoms with Crippen LogP contribution in [0.5, 0.6) is 0 Å². The Morgan fingerprint density at radius 3 is 2.41 bits per heavy atom. The first-order valence-electron chi connectivity index (χ1n) is 8.85. The van der Waals surface area contributed by atoms with Crippen molar-refractivity contribution in [3.05, 3.63) is 30.1 Å². The molecule has 2 heterocycles. The molecule has 2 saturated heterocycles. The molecule has 148 valence electrons. The number of hydrogen-bond acceptors (Lipinski definition) is 4. The van der Waals surface area contributed by atoms with Crippen molar-refractivity contribution in [2.24, 2.45) is 5.92 Å². The number of aliphatic carboxylic acids is 1. The number of rotatable bonds is 4. The zero-order chi connectivity index (χ0) is 19.6. The van der Waals surface area contributed by atoms with Gasteiger partial charge >= 0.3 is 12.0 Å². The molecule has 3 rings (SSSR count). The molecule has 0 spiro atoms. The number of likely N-dealkylation sites (tertiary alicyclic amines) is 1. The summed E-state index contributed by atoms with van der Waals surface area (Å²) in [6.07, 6.45) is 0.972. The van der Waals surface area contributed by atoms with E-state index >= 15 is 0 Å². The van der Waals surface area contributed by atoms with Crippen molar-refractivity contribution >= 4 is 22.0 Å². The summed E-state index contributed by atoms with van der Waals surface area (Å²) in [5, 5.41) is 11.7. The zero-order valence-electron chi connectivity index (χ0n) is 14.7. The molecule has 1 unspecified atom stereocenters. The Kier molecular flexibility index (Phi) is 5.66. The molecule has 0 aromatic heterocycles. The lowest BCUT2D eigenvalue weighted by atomic mass is 9.97. The molecule has 2 amide bonds. The Morgan fingerprint density at radius 2 is 1.78 bits per heavy atom. The fourth-order valence-electron chi connectivity index (χ4n) is 3.52. The second-order valence-corrected chi connectivity index (χ2v) is 8.61. The van der Waals surface area contributed by atoms with Gasteiger partial charge in [0.05, 0.1) is 12.1 Å². The predicted octanol–water partition coefficient (Wildman–Crippen LogP) is 1.44. The molecule has 0 saturated carbocycles.